The van der Waals surface area contributed by atoms with Gasteiger partial charge in [0.05, 0.1) is 28.2 Å². The lowest BCUT2D eigenvalue weighted by Gasteiger charge is -2.32. The number of amides is 2. The van der Waals surface area contributed by atoms with Gasteiger partial charge >= 0.3 is 0 Å². The number of aryl methyl sites for hydroxylation is 1. The smallest absolute Gasteiger partial charge is 0.275 e. The molecule has 1 aliphatic rings. The highest BCUT2D eigenvalue weighted by Crippen LogP contribution is 2.29. The topological polar surface area (TPSA) is 118 Å². The minimum absolute atomic E-state index is 0. The van der Waals surface area contributed by atoms with Crippen LogP contribution in [0.3, 0.4) is 0 Å². The van der Waals surface area contributed by atoms with Crippen molar-refractivity contribution in [3.63, 3.8) is 0 Å². The lowest BCUT2D eigenvalue weighted by Crippen LogP contribution is -2.55. The summed E-state index contributed by atoms with van der Waals surface area (Å²) >= 11 is 1.56. The summed E-state index contributed by atoms with van der Waals surface area (Å²) in [6.07, 6.45) is -0.639. The van der Waals surface area contributed by atoms with Crippen molar-refractivity contribution in [3.05, 3.63) is 35.5 Å². The second-order valence-corrected chi connectivity index (χ2v) is 9.45. The highest BCUT2D eigenvalue weighted by molar-refractivity contribution is 7.13. The van der Waals surface area contributed by atoms with E-state index in [-0.39, 0.29) is 31.3 Å². The number of β-amino-alcohol motifs (C(OH)–C–C–N with tert-alkyl or cyclic N) is 1. The maximum atomic E-state index is 12.8. The normalized spacial score (nSPS) is 19.5. The van der Waals surface area contributed by atoms with E-state index in [9.17, 15) is 14.7 Å². The number of hydroxylamine groups is 1. The van der Waals surface area contributed by atoms with Crippen molar-refractivity contribution in [1.29, 1.82) is 0 Å². The summed E-state index contributed by atoms with van der Waals surface area (Å²) in [7, 11) is 0. The number of thiazole rings is 1. The first kappa shape index (κ1) is 25.1. The number of halogens is 1. The summed E-state index contributed by atoms with van der Waals surface area (Å²) in [5.74, 6) is -0.399. The molecule has 3 atom stereocenters. The van der Waals surface area contributed by atoms with Crippen molar-refractivity contribution in [1.82, 2.24) is 15.4 Å². The van der Waals surface area contributed by atoms with Crippen LogP contribution >= 0.6 is 23.7 Å². The zero-order valence-corrected chi connectivity index (χ0v) is 19.6. The number of hydrogen-bond acceptors (Lipinski definition) is 7. The fourth-order valence-corrected chi connectivity index (χ4v) is 4.10. The number of aliphatic hydroxyl groups excluding tert-OH is 1. The van der Waals surface area contributed by atoms with E-state index < -0.39 is 29.5 Å². The third-order valence-corrected chi connectivity index (χ3v) is 6.17. The molecule has 0 spiro atoms. The molecule has 8 nitrogen and oxygen atoms in total. The molecule has 3 rings (SSSR count). The Morgan fingerprint density at radius 1 is 1.32 bits per heavy atom. The van der Waals surface area contributed by atoms with Gasteiger partial charge in [0.25, 0.3) is 5.91 Å². The zero-order chi connectivity index (χ0) is 22.1. The molecule has 1 unspecified atom stereocenters. The molecule has 0 radical (unpaired) electrons. The zero-order valence-electron chi connectivity index (χ0n) is 18.0. The molecule has 10 heteroatoms. The van der Waals surface area contributed by atoms with Crippen LogP contribution in [-0.2, 0) is 9.59 Å². The molecule has 1 fully saturated rings. The molecule has 2 amide bonds. The molecule has 1 aromatic carbocycles. The standard InChI is InChI=1S/C21H28N4O4S.ClH/c1-12-17(30-11-23-12)13-5-7-15(8-6-13)29-24-19(27)16-9-14(26)10-25(16)20(28)18(22)21(2,3)4;/h5-8,11,14,16,18,26H,9-10,22H2,1-4H3,(H,24,27);1H/t14-,16+,18?;/m1./s1. The Bertz CT molecular complexity index is 913. The van der Waals surface area contributed by atoms with Gasteiger partial charge in [-0.2, -0.15) is 5.48 Å². The number of aromatic nitrogens is 1. The molecule has 0 saturated carbocycles. The van der Waals surface area contributed by atoms with Crippen LogP contribution < -0.4 is 16.1 Å². The molecule has 1 saturated heterocycles. The molecule has 0 aliphatic carbocycles. The first-order valence-electron chi connectivity index (χ1n) is 9.79. The number of benzene rings is 1. The van der Waals surface area contributed by atoms with Gasteiger partial charge in [-0.25, -0.2) is 4.98 Å². The van der Waals surface area contributed by atoms with Crippen molar-refractivity contribution in [2.45, 2.75) is 52.3 Å². The van der Waals surface area contributed by atoms with Crippen LogP contribution in [0, 0.1) is 12.3 Å². The first-order valence-corrected chi connectivity index (χ1v) is 10.7. The number of hydrogen-bond donors (Lipinski definition) is 3. The lowest BCUT2D eigenvalue weighted by molar-refractivity contribution is -0.143. The summed E-state index contributed by atoms with van der Waals surface area (Å²) in [6.45, 7) is 7.60. The van der Waals surface area contributed by atoms with Crippen LogP contribution in [0.1, 0.15) is 32.9 Å². The Morgan fingerprint density at radius 2 is 1.97 bits per heavy atom. The predicted molar refractivity (Wildman–Crippen MR) is 122 cm³/mol. The van der Waals surface area contributed by atoms with Crippen molar-refractivity contribution in [2.75, 3.05) is 6.54 Å². The van der Waals surface area contributed by atoms with Gasteiger partial charge in [-0.1, -0.05) is 20.8 Å². The third kappa shape index (κ3) is 5.74. The predicted octanol–water partition coefficient (Wildman–Crippen LogP) is 2.29. The molecule has 1 aliphatic heterocycles. The van der Waals surface area contributed by atoms with E-state index >= 15 is 0 Å². The first-order chi connectivity index (χ1) is 14.1. The Balaban J connectivity index is 0.00000341. The van der Waals surface area contributed by atoms with E-state index in [0.717, 1.165) is 16.1 Å². The maximum Gasteiger partial charge on any atom is 0.275 e. The fourth-order valence-electron chi connectivity index (χ4n) is 3.29. The Labute approximate surface area is 192 Å². The van der Waals surface area contributed by atoms with Gasteiger partial charge in [-0.3, -0.25) is 9.59 Å². The van der Waals surface area contributed by atoms with E-state index in [1.54, 1.807) is 29.0 Å². The van der Waals surface area contributed by atoms with Gasteiger partial charge < -0.3 is 20.6 Å². The number of likely N-dealkylation sites (tertiary alicyclic amines) is 1. The lowest BCUT2D eigenvalue weighted by atomic mass is 9.86. The van der Waals surface area contributed by atoms with Crippen molar-refractivity contribution < 1.29 is 19.5 Å². The summed E-state index contributed by atoms with van der Waals surface area (Å²) < 4.78 is 0. The molecule has 4 N–H and O–H groups in total. The van der Waals surface area contributed by atoms with Crippen LogP contribution in [0.15, 0.2) is 29.8 Å². The number of carbonyl (C=O) groups excluding carboxylic acids is 2. The summed E-state index contributed by atoms with van der Waals surface area (Å²) in [4.78, 5) is 37.5. The largest absolute Gasteiger partial charge is 0.391 e. The highest BCUT2D eigenvalue weighted by Gasteiger charge is 2.42. The average molecular weight is 469 g/mol. The molecule has 31 heavy (non-hydrogen) atoms. The van der Waals surface area contributed by atoms with Gasteiger partial charge in [0, 0.05) is 13.0 Å². The summed E-state index contributed by atoms with van der Waals surface area (Å²) in [5, 5.41) is 10.0. The number of nitrogens with zero attached hydrogens (tertiary/aromatic N) is 2. The molecule has 170 valence electrons. The average Bonchev–Trinajstić information content (AvgIpc) is 3.30. The Morgan fingerprint density at radius 3 is 2.52 bits per heavy atom. The van der Waals surface area contributed by atoms with Crippen LogP contribution in [0.5, 0.6) is 5.75 Å². The minimum atomic E-state index is -0.833. The number of nitrogens with two attached hydrogens (primary N) is 1. The number of carbonyl (C=O) groups is 2. The maximum absolute atomic E-state index is 12.8. The van der Waals surface area contributed by atoms with Gasteiger partial charge in [-0.05, 0) is 42.2 Å². The van der Waals surface area contributed by atoms with Crippen LogP contribution in [0.4, 0.5) is 0 Å². The summed E-state index contributed by atoms with van der Waals surface area (Å²) in [5.41, 5.74) is 11.8. The second-order valence-electron chi connectivity index (χ2n) is 8.60. The van der Waals surface area contributed by atoms with E-state index in [2.05, 4.69) is 10.5 Å². The molecule has 2 heterocycles. The van der Waals surface area contributed by atoms with E-state index in [1.807, 2.05) is 39.8 Å². The second kappa shape index (κ2) is 9.95. The third-order valence-electron chi connectivity index (χ3n) is 5.20. The van der Waals surface area contributed by atoms with Gasteiger partial charge in [0.2, 0.25) is 5.91 Å². The molecule has 2 aromatic rings. The quantitative estimate of drug-likeness (QED) is 0.579. The van der Waals surface area contributed by atoms with Crippen LogP contribution in [0.2, 0.25) is 0 Å². The monoisotopic (exact) mass is 468 g/mol. The van der Waals surface area contributed by atoms with Gasteiger partial charge in [-0.15, -0.1) is 23.7 Å². The molecule has 0 bridgehead atoms. The van der Waals surface area contributed by atoms with E-state index in [0.29, 0.717) is 5.75 Å². The SMILES string of the molecule is Cc1ncsc1-c1ccc(ONC(=O)[C@@H]2C[C@@H](O)CN2C(=O)C(N)C(C)(C)C)cc1.Cl. The summed E-state index contributed by atoms with van der Waals surface area (Å²) in [6, 6.07) is 5.66. The molecular formula is C21H29ClN4O4S. The van der Waals surface area contributed by atoms with Crippen molar-refractivity contribution in [3.8, 4) is 16.2 Å². The fraction of sp³-hybridized carbons (Fsp3) is 0.476. The van der Waals surface area contributed by atoms with E-state index in [1.165, 1.54) is 4.90 Å². The molecule has 1 aromatic heterocycles. The van der Waals surface area contributed by atoms with Crippen molar-refractivity contribution >= 4 is 35.6 Å². The van der Waals surface area contributed by atoms with Crippen molar-refractivity contribution in [2.24, 2.45) is 11.1 Å². The van der Waals surface area contributed by atoms with Gasteiger partial charge in [0.1, 0.15) is 6.04 Å². The Kier molecular flexibility index (Phi) is 8.04. The number of nitrogens with one attached hydrogen (secondary N) is 1. The van der Waals surface area contributed by atoms with E-state index in [4.69, 9.17) is 10.6 Å². The minimum Gasteiger partial charge on any atom is -0.391 e. The van der Waals surface area contributed by atoms with Gasteiger partial charge in [0.15, 0.2) is 5.75 Å². The highest BCUT2D eigenvalue weighted by atomic mass is 35.5. The molecular weight excluding hydrogens is 440 g/mol. The number of aliphatic hydroxyl groups is 1. The van der Waals surface area contributed by atoms with Crippen LogP contribution in [0.25, 0.3) is 10.4 Å². The Hall–Kier alpha value is -2.20. The number of rotatable bonds is 5. The van der Waals surface area contributed by atoms with Crippen LogP contribution in [-0.4, -0.2) is 51.5 Å².